The molecule has 0 bridgehead atoms. The van der Waals surface area contributed by atoms with Gasteiger partial charge in [0.05, 0.1) is 22.9 Å². The van der Waals surface area contributed by atoms with Gasteiger partial charge in [0, 0.05) is 17.2 Å². The summed E-state index contributed by atoms with van der Waals surface area (Å²) in [7, 11) is 0. The third-order valence-electron chi connectivity index (χ3n) is 3.59. The van der Waals surface area contributed by atoms with Crippen molar-refractivity contribution in [2.45, 2.75) is 26.1 Å². The number of nitrogens with one attached hydrogen (secondary N) is 3. The Morgan fingerprint density at radius 1 is 1.00 bits per heavy atom. The number of hydrogen-bond donors (Lipinski definition) is 3. The number of nitriles is 1. The molecule has 2 amide bonds. The highest BCUT2D eigenvalue weighted by molar-refractivity contribution is 5.98. The quantitative estimate of drug-likeness (QED) is 0.682. The Morgan fingerprint density at radius 2 is 1.57 bits per heavy atom. The predicted molar refractivity (Wildman–Crippen MR) is 96.3 cm³/mol. The minimum atomic E-state index is -4.70. The summed E-state index contributed by atoms with van der Waals surface area (Å²) < 4.78 is 39.4. The molecule has 28 heavy (non-hydrogen) atoms. The molecule has 6 nitrogen and oxygen atoms in total. The fourth-order valence-corrected chi connectivity index (χ4v) is 2.27. The van der Waals surface area contributed by atoms with E-state index in [0.717, 1.165) is 6.07 Å². The van der Waals surface area contributed by atoms with Crippen LogP contribution >= 0.6 is 0 Å². The zero-order chi connectivity index (χ0) is 20.9. The van der Waals surface area contributed by atoms with Crippen LogP contribution in [-0.2, 0) is 6.18 Å². The van der Waals surface area contributed by atoms with Crippen molar-refractivity contribution in [1.29, 1.82) is 5.26 Å². The van der Waals surface area contributed by atoms with Gasteiger partial charge >= 0.3 is 6.18 Å². The predicted octanol–water partition coefficient (Wildman–Crippen LogP) is 3.47. The number of hydrazine groups is 1. The van der Waals surface area contributed by atoms with E-state index in [0.29, 0.717) is 11.6 Å². The summed E-state index contributed by atoms with van der Waals surface area (Å²) in [5.41, 5.74) is 3.27. The normalized spacial score (nSPS) is 10.9. The number of rotatable bonds is 5. The van der Waals surface area contributed by atoms with Crippen LogP contribution in [0.25, 0.3) is 0 Å². The Bertz CT molecular complexity index is 916. The summed E-state index contributed by atoms with van der Waals surface area (Å²) in [6, 6.07) is 10.2. The van der Waals surface area contributed by atoms with E-state index in [4.69, 9.17) is 5.26 Å². The van der Waals surface area contributed by atoms with Gasteiger partial charge in [-0.3, -0.25) is 20.4 Å². The molecule has 2 rings (SSSR count). The van der Waals surface area contributed by atoms with Crippen molar-refractivity contribution in [3.8, 4) is 6.07 Å². The number of hydrogen-bond acceptors (Lipinski definition) is 4. The molecule has 146 valence electrons. The number of anilines is 1. The van der Waals surface area contributed by atoms with Crippen molar-refractivity contribution in [1.82, 2.24) is 10.7 Å². The van der Waals surface area contributed by atoms with Gasteiger partial charge in [-0.05, 0) is 56.3 Å². The molecule has 0 fully saturated rings. The van der Waals surface area contributed by atoms with Gasteiger partial charge in [-0.25, -0.2) is 0 Å². The first-order valence-electron chi connectivity index (χ1n) is 8.20. The van der Waals surface area contributed by atoms with Gasteiger partial charge in [0.25, 0.3) is 11.8 Å². The molecular weight excluding hydrogens is 373 g/mol. The van der Waals surface area contributed by atoms with E-state index in [2.05, 4.69) is 16.2 Å². The number of alkyl halides is 3. The van der Waals surface area contributed by atoms with E-state index in [9.17, 15) is 22.8 Å². The molecule has 0 aliphatic carbocycles. The van der Waals surface area contributed by atoms with E-state index >= 15 is 0 Å². The Kier molecular flexibility index (Phi) is 6.26. The lowest BCUT2D eigenvalue weighted by Gasteiger charge is -2.15. The monoisotopic (exact) mass is 390 g/mol. The van der Waals surface area contributed by atoms with Crippen LogP contribution in [0.1, 0.15) is 45.7 Å². The second-order valence-corrected chi connectivity index (χ2v) is 6.15. The topological polar surface area (TPSA) is 94.0 Å². The number of halogens is 3. The molecule has 0 heterocycles. The average Bonchev–Trinajstić information content (AvgIpc) is 2.64. The fourth-order valence-electron chi connectivity index (χ4n) is 2.27. The highest BCUT2D eigenvalue weighted by atomic mass is 19.4. The highest BCUT2D eigenvalue weighted by Gasteiger charge is 2.34. The Hall–Kier alpha value is -3.54. The van der Waals surface area contributed by atoms with Crippen LogP contribution in [0.2, 0.25) is 0 Å². The van der Waals surface area contributed by atoms with Crippen LogP contribution in [0.4, 0.5) is 18.9 Å². The average molecular weight is 390 g/mol. The van der Waals surface area contributed by atoms with Crippen molar-refractivity contribution in [2.24, 2.45) is 0 Å². The molecule has 0 saturated carbocycles. The Morgan fingerprint density at radius 3 is 2.07 bits per heavy atom. The Labute approximate surface area is 159 Å². The first kappa shape index (κ1) is 20.8. The van der Waals surface area contributed by atoms with Crippen molar-refractivity contribution in [2.75, 3.05) is 5.43 Å². The number of nitrogens with zero attached hydrogens (tertiary/aromatic N) is 1. The third-order valence-corrected chi connectivity index (χ3v) is 3.59. The van der Waals surface area contributed by atoms with Crippen LogP contribution in [0.5, 0.6) is 0 Å². The van der Waals surface area contributed by atoms with Crippen LogP contribution in [0, 0.1) is 11.3 Å². The molecule has 0 aromatic heterocycles. The summed E-state index contributed by atoms with van der Waals surface area (Å²) in [5, 5.41) is 11.5. The summed E-state index contributed by atoms with van der Waals surface area (Å²) in [6.07, 6.45) is -4.70. The number of carbonyl (C=O) groups is 2. The van der Waals surface area contributed by atoms with Gasteiger partial charge in [0.15, 0.2) is 0 Å². The molecule has 0 unspecified atom stereocenters. The molecule has 0 radical (unpaired) electrons. The van der Waals surface area contributed by atoms with Gasteiger partial charge in [-0.2, -0.15) is 18.4 Å². The first-order chi connectivity index (χ1) is 13.1. The number of carbonyl (C=O) groups excluding carboxylic acids is 2. The minimum Gasteiger partial charge on any atom is -0.350 e. The van der Waals surface area contributed by atoms with Gasteiger partial charge in [0.2, 0.25) is 0 Å². The molecule has 2 aromatic carbocycles. The number of benzene rings is 2. The lowest BCUT2D eigenvalue weighted by molar-refractivity contribution is -0.137. The smallest absolute Gasteiger partial charge is 0.350 e. The molecule has 0 spiro atoms. The minimum absolute atomic E-state index is 0.0464. The summed E-state index contributed by atoms with van der Waals surface area (Å²) >= 11 is 0. The van der Waals surface area contributed by atoms with E-state index < -0.39 is 23.3 Å². The van der Waals surface area contributed by atoms with Crippen LogP contribution in [0.15, 0.2) is 42.5 Å². The maximum Gasteiger partial charge on any atom is 0.418 e. The molecule has 3 N–H and O–H groups in total. The third kappa shape index (κ3) is 5.23. The van der Waals surface area contributed by atoms with Crippen molar-refractivity contribution >= 4 is 17.5 Å². The highest BCUT2D eigenvalue weighted by Crippen LogP contribution is 2.35. The van der Waals surface area contributed by atoms with Crippen molar-refractivity contribution in [3.63, 3.8) is 0 Å². The van der Waals surface area contributed by atoms with Gasteiger partial charge in [0.1, 0.15) is 0 Å². The largest absolute Gasteiger partial charge is 0.418 e. The molecule has 0 atom stereocenters. The molecule has 0 aliphatic rings. The standard InChI is InChI=1S/C19H17F3N4O2/c1-11(2)24-17(27)13-4-6-14(7-5-13)18(28)26-25-16-8-3-12(10-23)9-15(16)19(20,21)22/h3-9,11,25H,1-2H3,(H,24,27)(H,26,28). The van der Waals surface area contributed by atoms with Crippen molar-refractivity contribution < 1.29 is 22.8 Å². The zero-order valence-corrected chi connectivity index (χ0v) is 15.0. The summed E-state index contributed by atoms with van der Waals surface area (Å²) in [4.78, 5) is 24.0. The molecular formula is C19H17F3N4O2. The van der Waals surface area contributed by atoms with Gasteiger partial charge in [-0.15, -0.1) is 0 Å². The molecule has 0 saturated heterocycles. The van der Waals surface area contributed by atoms with Crippen LogP contribution < -0.4 is 16.2 Å². The molecule has 0 aliphatic heterocycles. The lowest BCUT2D eigenvalue weighted by atomic mass is 10.1. The van der Waals surface area contributed by atoms with Crippen molar-refractivity contribution in [3.05, 3.63) is 64.7 Å². The van der Waals surface area contributed by atoms with E-state index in [-0.39, 0.29) is 23.1 Å². The van der Waals surface area contributed by atoms with E-state index in [1.807, 2.05) is 13.8 Å². The summed E-state index contributed by atoms with van der Waals surface area (Å²) in [6.45, 7) is 3.62. The first-order valence-corrected chi connectivity index (χ1v) is 8.20. The molecule has 9 heteroatoms. The fraction of sp³-hybridized carbons (Fsp3) is 0.211. The van der Waals surface area contributed by atoms with Crippen LogP contribution in [0.3, 0.4) is 0 Å². The Balaban J connectivity index is 2.10. The lowest BCUT2D eigenvalue weighted by Crippen LogP contribution is -2.31. The van der Waals surface area contributed by atoms with E-state index in [1.165, 1.54) is 30.3 Å². The number of amides is 2. The molecule has 2 aromatic rings. The maximum absolute atomic E-state index is 13.1. The second kappa shape index (κ2) is 8.43. The maximum atomic E-state index is 13.1. The van der Waals surface area contributed by atoms with Crippen LogP contribution in [-0.4, -0.2) is 17.9 Å². The zero-order valence-electron chi connectivity index (χ0n) is 15.0. The summed E-state index contributed by atoms with van der Waals surface area (Å²) in [5.74, 6) is -0.985. The second-order valence-electron chi connectivity index (χ2n) is 6.15. The van der Waals surface area contributed by atoms with E-state index in [1.54, 1.807) is 6.07 Å². The SMILES string of the molecule is CC(C)NC(=O)c1ccc(C(=O)NNc2ccc(C#N)cc2C(F)(F)F)cc1. The van der Waals surface area contributed by atoms with Gasteiger partial charge in [-0.1, -0.05) is 0 Å². The van der Waals surface area contributed by atoms with Gasteiger partial charge < -0.3 is 5.32 Å².